The molecule has 1 heterocycles. The standard InChI is InChI=1S/C15H20N2O2/c1-15(2,10-6-7-10)17-14(18)11-4-3-5-12-13(11)19-9-8-16-12/h3-5,10,16H,6-9H2,1-2H3,(H,17,18). The molecule has 102 valence electrons. The Balaban J connectivity index is 1.83. The lowest BCUT2D eigenvalue weighted by molar-refractivity contribution is 0.0899. The number of rotatable bonds is 3. The predicted molar refractivity (Wildman–Crippen MR) is 74.7 cm³/mol. The maximum absolute atomic E-state index is 12.4. The number of fused-ring (bicyclic) bond motifs is 1. The number of anilines is 1. The predicted octanol–water partition coefficient (Wildman–Crippen LogP) is 2.41. The number of carbonyl (C=O) groups is 1. The van der Waals surface area contributed by atoms with Crippen LogP contribution in [-0.2, 0) is 0 Å². The molecule has 0 bridgehead atoms. The van der Waals surface area contributed by atoms with Gasteiger partial charge in [0.1, 0.15) is 6.61 Å². The molecule has 0 atom stereocenters. The lowest BCUT2D eigenvalue weighted by Crippen LogP contribution is -2.45. The van der Waals surface area contributed by atoms with E-state index in [0.717, 1.165) is 12.2 Å². The summed E-state index contributed by atoms with van der Waals surface area (Å²) in [7, 11) is 0. The van der Waals surface area contributed by atoms with Crippen LogP contribution in [0.4, 0.5) is 5.69 Å². The summed E-state index contributed by atoms with van der Waals surface area (Å²) >= 11 is 0. The number of amides is 1. The van der Waals surface area contributed by atoms with Crippen LogP contribution >= 0.6 is 0 Å². The second kappa shape index (κ2) is 4.44. The lowest BCUT2D eigenvalue weighted by Gasteiger charge is -2.27. The number of benzene rings is 1. The van der Waals surface area contributed by atoms with Crippen LogP contribution in [0, 0.1) is 5.92 Å². The molecule has 4 heteroatoms. The molecule has 0 saturated heterocycles. The van der Waals surface area contributed by atoms with E-state index in [1.54, 1.807) is 0 Å². The summed E-state index contributed by atoms with van der Waals surface area (Å²) in [6.07, 6.45) is 2.41. The highest BCUT2D eigenvalue weighted by Gasteiger charge is 2.39. The molecular weight excluding hydrogens is 240 g/mol. The van der Waals surface area contributed by atoms with E-state index in [0.29, 0.717) is 23.8 Å². The minimum atomic E-state index is -0.137. The van der Waals surface area contributed by atoms with Crippen molar-refractivity contribution in [2.75, 3.05) is 18.5 Å². The van der Waals surface area contributed by atoms with Gasteiger partial charge in [0.2, 0.25) is 0 Å². The third-order valence-corrected chi connectivity index (χ3v) is 3.96. The fourth-order valence-corrected chi connectivity index (χ4v) is 2.62. The minimum Gasteiger partial charge on any atom is -0.489 e. The van der Waals surface area contributed by atoms with Crippen LogP contribution in [0.3, 0.4) is 0 Å². The molecule has 4 nitrogen and oxygen atoms in total. The van der Waals surface area contributed by atoms with Gasteiger partial charge in [-0.3, -0.25) is 4.79 Å². The zero-order valence-electron chi connectivity index (χ0n) is 11.5. The van der Waals surface area contributed by atoms with Crippen molar-refractivity contribution < 1.29 is 9.53 Å². The SMILES string of the molecule is CC(C)(NC(=O)c1cccc2c1OCCN2)C1CC1. The van der Waals surface area contributed by atoms with E-state index in [2.05, 4.69) is 24.5 Å². The number of para-hydroxylation sites is 1. The van der Waals surface area contributed by atoms with E-state index >= 15 is 0 Å². The molecule has 3 rings (SSSR count). The summed E-state index contributed by atoms with van der Waals surface area (Å²) in [5.41, 5.74) is 1.39. The van der Waals surface area contributed by atoms with Gasteiger partial charge in [0.15, 0.2) is 5.75 Å². The molecule has 2 N–H and O–H groups in total. The number of nitrogens with one attached hydrogen (secondary N) is 2. The van der Waals surface area contributed by atoms with Gasteiger partial charge >= 0.3 is 0 Å². The zero-order chi connectivity index (χ0) is 13.5. The molecule has 1 aliphatic heterocycles. The van der Waals surface area contributed by atoms with Gasteiger partial charge in [0.25, 0.3) is 5.91 Å². The summed E-state index contributed by atoms with van der Waals surface area (Å²) in [5, 5.41) is 6.39. The Morgan fingerprint density at radius 3 is 2.95 bits per heavy atom. The normalized spacial score (nSPS) is 18.0. The van der Waals surface area contributed by atoms with Gasteiger partial charge < -0.3 is 15.4 Å². The van der Waals surface area contributed by atoms with E-state index in [-0.39, 0.29) is 11.4 Å². The number of hydrogen-bond donors (Lipinski definition) is 2. The molecule has 2 aliphatic rings. The molecule has 1 fully saturated rings. The van der Waals surface area contributed by atoms with Crippen LogP contribution in [-0.4, -0.2) is 24.6 Å². The van der Waals surface area contributed by atoms with Crippen molar-refractivity contribution >= 4 is 11.6 Å². The van der Waals surface area contributed by atoms with Gasteiger partial charge in [-0.25, -0.2) is 0 Å². The quantitative estimate of drug-likeness (QED) is 0.877. The molecule has 0 unspecified atom stereocenters. The van der Waals surface area contributed by atoms with Crippen molar-refractivity contribution in [1.29, 1.82) is 0 Å². The fourth-order valence-electron chi connectivity index (χ4n) is 2.62. The molecule has 1 saturated carbocycles. The highest BCUT2D eigenvalue weighted by molar-refractivity contribution is 5.99. The van der Waals surface area contributed by atoms with E-state index in [4.69, 9.17) is 4.74 Å². The van der Waals surface area contributed by atoms with Crippen molar-refractivity contribution in [3.8, 4) is 5.75 Å². The van der Waals surface area contributed by atoms with Gasteiger partial charge in [-0.1, -0.05) is 6.07 Å². The summed E-state index contributed by atoms with van der Waals surface area (Å²) in [5.74, 6) is 1.24. The second-order valence-corrected chi connectivity index (χ2v) is 5.91. The smallest absolute Gasteiger partial charge is 0.255 e. The Morgan fingerprint density at radius 1 is 1.42 bits per heavy atom. The zero-order valence-corrected chi connectivity index (χ0v) is 11.5. The molecule has 1 aromatic rings. The van der Waals surface area contributed by atoms with Crippen molar-refractivity contribution in [1.82, 2.24) is 5.32 Å². The van der Waals surface area contributed by atoms with Crippen molar-refractivity contribution in [3.63, 3.8) is 0 Å². The monoisotopic (exact) mass is 260 g/mol. The molecule has 1 aliphatic carbocycles. The number of hydrogen-bond acceptors (Lipinski definition) is 3. The Bertz CT molecular complexity index is 507. The molecule has 0 spiro atoms. The van der Waals surface area contributed by atoms with Crippen LogP contribution < -0.4 is 15.4 Å². The van der Waals surface area contributed by atoms with Gasteiger partial charge in [-0.2, -0.15) is 0 Å². The summed E-state index contributed by atoms with van der Waals surface area (Å²) in [6.45, 7) is 5.57. The Labute approximate surface area is 113 Å². The Morgan fingerprint density at radius 2 is 2.21 bits per heavy atom. The van der Waals surface area contributed by atoms with Gasteiger partial charge in [-0.05, 0) is 44.7 Å². The third-order valence-electron chi connectivity index (χ3n) is 3.96. The van der Waals surface area contributed by atoms with Crippen LogP contribution in [0.15, 0.2) is 18.2 Å². The van der Waals surface area contributed by atoms with E-state index in [1.165, 1.54) is 12.8 Å². The highest BCUT2D eigenvalue weighted by Crippen LogP contribution is 2.39. The molecule has 1 aromatic carbocycles. The lowest BCUT2D eigenvalue weighted by atomic mass is 9.98. The highest BCUT2D eigenvalue weighted by atomic mass is 16.5. The first-order chi connectivity index (χ1) is 9.08. The van der Waals surface area contributed by atoms with Crippen LogP contribution in [0.2, 0.25) is 0 Å². The average Bonchev–Trinajstić information content (AvgIpc) is 3.22. The molecule has 1 amide bonds. The Hall–Kier alpha value is -1.71. The third kappa shape index (κ3) is 2.39. The topological polar surface area (TPSA) is 50.4 Å². The summed E-state index contributed by atoms with van der Waals surface area (Å²) in [6, 6.07) is 5.65. The minimum absolute atomic E-state index is 0.0440. The maximum Gasteiger partial charge on any atom is 0.255 e. The second-order valence-electron chi connectivity index (χ2n) is 5.91. The number of ether oxygens (including phenoxy) is 1. The van der Waals surface area contributed by atoms with Crippen LogP contribution in [0.25, 0.3) is 0 Å². The van der Waals surface area contributed by atoms with Gasteiger partial charge in [0, 0.05) is 12.1 Å². The molecule has 0 aromatic heterocycles. The molecule has 0 radical (unpaired) electrons. The summed E-state index contributed by atoms with van der Waals surface area (Å²) < 4.78 is 5.64. The van der Waals surface area contributed by atoms with Crippen LogP contribution in [0.1, 0.15) is 37.0 Å². The first-order valence-electron chi connectivity index (χ1n) is 6.90. The molecular formula is C15H20N2O2. The van der Waals surface area contributed by atoms with Crippen molar-refractivity contribution in [2.45, 2.75) is 32.2 Å². The van der Waals surface area contributed by atoms with Crippen molar-refractivity contribution in [2.24, 2.45) is 5.92 Å². The largest absolute Gasteiger partial charge is 0.489 e. The van der Waals surface area contributed by atoms with Gasteiger partial charge in [-0.15, -0.1) is 0 Å². The van der Waals surface area contributed by atoms with E-state index in [1.807, 2.05) is 18.2 Å². The number of carbonyl (C=O) groups excluding carboxylic acids is 1. The first kappa shape index (κ1) is 12.3. The Kier molecular flexibility index (Phi) is 2.88. The van der Waals surface area contributed by atoms with Gasteiger partial charge in [0.05, 0.1) is 11.3 Å². The van der Waals surface area contributed by atoms with E-state index < -0.39 is 0 Å². The molecule has 19 heavy (non-hydrogen) atoms. The first-order valence-corrected chi connectivity index (χ1v) is 6.90. The van der Waals surface area contributed by atoms with Crippen LogP contribution in [0.5, 0.6) is 5.75 Å². The fraction of sp³-hybridized carbons (Fsp3) is 0.533. The van der Waals surface area contributed by atoms with E-state index in [9.17, 15) is 4.79 Å². The summed E-state index contributed by atoms with van der Waals surface area (Å²) in [4.78, 5) is 12.4. The maximum atomic E-state index is 12.4. The van der Waals surface area contributed by atoms with Crippen molar-refractivity contribution in [3.05, 3.63) is 23.8 Å². The average molecular weight is 260 g/mol.